The summed E-state index contributed by atoms with van der Waals surface area (Å²) in [6, 6.07) is 4.05. The van der Waals surface area contributed by atoms with Crippen molar-refractivity contribution in [2.24, 2.45) is 0 Å². The van der Waals surface area contributed by atoms with Gasteiger partial charge in [0.15, 0.2) is 0 Å². The predicted octanol–water partition coefficient (Wildman–Crippen LogP) is 3.09. The van der Waals surface area contributed by atoms with Crippen molar-refractivity contribution < 1.29 is 4.79 Å². The summed E-state index contributed by atoms with van der Waals surface area (Å²) in [5.41, 5.74) is 1.66. The average Bonchev–Trinajstić information content (AvgIpc) is 2.94. The average molecular weight is 307 g/mol. The van der Waals surface area contributed by atoms with Crippen LogP contribution in [0.5, 0.6) is 0 Å². The Morgan fingerprint density at radius 3 is 2.86 bits per heavy atom. The Kier molecular flexibility index (Phi) is 5.91. The zero-order valence-corrected chi connectivity index (χ0v) is 13.9. The molecule has 1 aromatic heterocycles. The van der Waals surface area contributed by atoms with Crippen LogP contribution in [0.2, 0.25) is 0 Å². The highest BCUT2D eigenvalue weighted by atomic mass is 32.2. The maximum atomic E-state index is 12.5. The van der Waals surface area contributed by atoms with Crippen molar-refractivity contribution in [3.8, 4) is 0 Å². The minimum atomic E-state index is 0.0252. The second kappa shape index (κ2) is 7.69. The number of hydrogen-bond donors (Lipinski definition) is 2. The van der Waals surface area contributed by atoms with Crippen LogP contribution in [0.25, 0.3) is 0 Å². The SMILES string of the molecule is CCNc1cc(C(=O)NC2CCCC2SC)cc(CC)n1. The van der Waals surface area contributed by atoms with Crippen molar-refractivity contribution in [2.45, 2.75) is 50.8 Å². The van der Waals surface area contributed by atoms with E-state index in [0.717, 1.165) is 30.9 Å². The Hall–Kier alpha value is -1.23. The third kappa shape index (κ3) is 4.13. The van der Waals surface area contributed by atoms with Crippen molar-refractivity contribution in [1.29, 1.82) is 0 Å². The van der Waals surface area contributed by atoms with Gasteiger partial charge in [0.05, 0.1) is 0 Å². The number of nitrogens with zero attached hydrogens (tertiary/aromatic N) is 1. The van der Waals surface area contributed by atoms with Gasteiger partial charge in [-0.15, -0.1) is 0 Å². The standard InChI is InChI=1S/C16H25N3OS/c1-4-12-9-11(10-15(18-12)17-5-2)16(20)19-13-7-6-8-14(13)21-3/h9-10,13-14H,4-8H2,1-3H3,(H,17,18)(H,19,20). The number of rotatable bonds is 6. The quantitative estimate of drug-likeness (QED) is 0.848. The molecule has 2 atom stereocenters. The lowest BCUT2D eigenvalue weighted by Crippen LogP contribution is -2.38. The molecule has 2 unspecified atom stereocenters. The lowest BCUT2D eigenvalue weighted by molar-refractivity contribution is 0.0938. The largest absolute Gasteiger partial charge is 0.370 e. The van der Waals surface area contributed by atoms with Crippen molar-refractivity contribution in [3.63, 3.8) is 0 Å². The van der Waals surface area contributed by atoms with Crippen LogP contribution >= 0.6 is 11.8 Å². The lowest BCUT2D eigenvalue weighted by atomic mass is 10.1. The van der Waals surface area contributed by atoms with Crippen molar-refractivity contribution >= 4 is 23.5 Å². The molecule has 0 aromatic carbocycles. The Morgan fingerprint density at radius 2 is 2.19 bits per heavy atom. The molecular weight excluding hydrogens is 282 g/mol. The van der Waals surface area contributed by atoms with Gasteiger partial charge in [0.2, 0.25) is 0 Å². The summed E-state index contributed by atoms with van der Waals surface area (Å²) in [4.78, 5) is 17.0. The summed E-state index contributed by atoms with van der Waals surface area (Å²) >= 11 is 1.86. The Morgan fingerprint density at radius 1 is 1.38 bits per heavy atom. The third-order valence-electron chi connectivity index (χ3n) is 3.93. The van der Waals surface area contributed by atoms with E-state index in [2.05, 4.69) is 28.8 Å². The molecule has 1 aliphatic carbocycles. The highest BCUT2D eigenvalue weighted by Gasteiger charge is 2.28. The summed E-state index contributed by atoms with van der Waals surface area (Å²) in [6.45, 7) is 4.89. The van der Waals surface area contributed by atoms with Gasteiger partial charge in [-0.05, 0) is 44.6 Å². The number of aromatic nitrogens is 1. The van der Waals surface area contributed by atoms with Crippen LogP contribution < -0.4 is 10.6 Å². The summed E-state index contributed by atoms with van der Waals surface area (Å²) < 4.78 is 0. The molecule has 1 aliphatic rings. The van der Waals surface area contributed by atoms with Crippen LogP contribution in [-0.4, -0.2) is 35.0 Å². The van der Waals surface area contributed by atoms with Crippen molar-refractivity contribution in [3.05, 3.63) is 23.4 Å². The molecule has 1 saturated carbocycles. The summed E-state index contributed by atoms with van der Waals surface area (Å²) in [6.07, 6.45) is 6.44. The van der Waals surface area contributed by atoms with Gasteiger partial charge in [-0.3, -0.25) is 4.79 Å². The fraction of sp³-hybridized carbons (Fsp3) is 0.625. The third-order valence-corrected chi connectivity index (χ3v) is 5.10. The van der Waals surface area contributed by atoms with E-state index in [1.54, 1.807) is 0 Å². The Bertz CT molecular complexity index is 492. The van der Waals surface area contributed by atoms with Crippen LogP contribution in [-0.2, 0) is 6.42 Å². The minimum Gasteiger partial charge on any atom is -0.370 e. The Labute approximate surface area is 131 Å². The van der Waals surface area contributed by atoms with E-state index in [1.807, 2.05) is 30.8 Å². The fourth-order valence-corrected chi connectivity index (χ4v) is 3.73. The molecule has 0 saturated heterocycles. The van der Waals surface area contributed by atoms with Gasteiger partial charge in [0, 0.05) is 29.1 Å². The Balaban J connectivity index is 2.12. The summed E-state index contributed by atoms with van der Waals surface area (Å²) in [5, 5.41) is 6.95. The molecule has 1 aromatic rings. The van der Waals surface area contributed by atoms with Gasteiger partial charge >= 0.3 is 0 Å². The molecular formula is C16H25N3OS. The number of thioether (sulfide) groups is 1. The number of anilines is 1. The van der Waals surface area contributed by atoms with Crippen LogP contribution in [0.15, 0.2) is 12.1 Å². The van der Waals surface area contributed by atoms with Crippen LogP contribution in [0, 0.1) is 0 Å². The second-order valence-corrected chi connectivity index (χ2v) is 6.48. The molecule has 0 radical (unpaired) electrons. The molecule has 0 spiro atoms. The molecule has 0 aliphatic heterocycles. The van der Waals surface area contributed by atoms with E-state index >= 15 is 0 Å². The van der Waals surface area contributed by atoms with Crippen molar-refractivity contribution in [2.75, 3.05) is 18.1 Å². The molecule has 1 fully saturated rings. The number of pyridine rings is 1. The van der Waals surface area contributed by atoms with Crippen LogP contribution in [0.4, 0.5) is 5.82 Å². The number of hydrogen-bond acceptors (Lipinski definition) is 4. The highest BCUT2D eigenvalue weighted by Crippen LogP contribution is 2.28. The smallest absolute Gasteiger partial charge is 0.251 e. The first-order chi connectivity index (χ1) is 10.2. The van der Waals surface area contributed by atoms with Gasteiger partial charge in [0.25, 0.3) is 5.91 Å². The lowest BCUT2D eigenvalue weighted by Gasteiger charge is -2.19. The maximum Gasteiger partial charge on any atom is 0.251 e. The maximum absolute atomic E-state index is 12.5. The van der Waals surface area contributed by atoms with E-state index in [4.69, 9.17) is 0 Å². The summed E-state index contributed by atoms with van der Waals surface area (Å²) in [5.74, 6) is 0.812. The van der Waals surface area contributed by atoms with Crippen LogP contribution in [0.1, 0.15) is 49.2 Å². The van der Waals surface area contributed by atoms with E-state index in [0.29, 0.717) is 16.9 Å². The molecule has 2 rings (SSSR count). The monoisotopic (exact) mass is 307 g/mol. The van der Waals surface area contributed by atoms with Crippen LogP contribution in [0.3, 0.4) is 0 Å². The predicted molar refractivity (Wildman–Crippen MR) is 90.2 cm³/mol. The zero-order valence-electron chi connectivity index (χ0n) is 13.1. The topological polar surface area (TPSA) is 54.0 Å². The molecule has 1 heterocycles. The van der Waals surface area contributed by atoms with E-state index in [1.165, 1.54) is 12.8 Å². The first-order valence-electron chi connectivity index (χ1n) is 7.76. The molecule has 2 N–H and O–H groups in total. The first kappa shape index (κ1) is 16.1. The number of aryl methyl sites for hydroxylation is 1. The molecule has 116 valence electrons. The fourth-order valence-electron chi connectivity index (χ4n) is 2.80. The molecule has 5 heteroatoms. The highest BCUT2D eigenvalue weighted by molar-refractivity contribution is 7.99. The van der Waals surface area contributed by atoms with E-state index < -0.39 is 0 Å². The number of nitrogens with one attached hydrogen (secondary N) is 2. The normalized spacial score (nSPS) is 21.3. The molecule has 21 heavy (non-hydrogen) atoms. The first-order valence-corrected chi connectivity index (χ1v) is 9.05. The molecule has 0 bridgehead atoms. The number of carbonyl (C=O) groups excluding carboxylic acids is 1. The number of amides is 1. The van der Waals surface area contributed by atoms with Crippen molar-refractivity contribution in [1.82, 2.24) is 10.3 Å². The molecule has 1 amide bonds. The van der Waals surface area contributed by atoms with Gasteiger partial charge < -0.3 is 10.6 Å². The van der Waals surface area contributed by atoms with E-state index in [9.17, 15) is 4.79 Å². The second-order valence-electron chi connectivity index (χ2n) is 5.40. The van der Waals surface area contributed by atoms with Gasteiger partial charge in [0.1, 0.15) is 5.82 Å². The van der Waals surface area contributed by atoms with Gasteiger partial charge in [-0.1, -0.05) is 13.3 Å². The molecule has 4 nitrogen and oxygen atoms in total. The minimum absolute atomic E-state index is 0.0252. The zero-order chi connectivity index (χ0) is 15.2. The van der Waals surface area contributed by atoms with E-state index in [-0.39, 0.29) is 5.91 Å². The summed E-state index contributed by atoms with van der Waals surface area (Å²) in [7, 11) is 0. The van der Waals surface area contributed by atoms with Gasteiger partial charge in [-0.25, -0.2) is 4.98 Å². The number of carbonyl (C=O) groups is 1. The van der Waals surface area contributed by atoms with Gasteiger partial charge in [-0.2, -0.15) is 11.8 Å².